The predicted octanol–water partition coefficient (Wildman–Crippen LogP) is 3.48. The van der Waals surface area contributed by atoms with E-state index in [9.17, 15) is 9.90 Å². The van der Waals surface area contributed by atoms with Crippen molar-refractivity contribution in [3.05, 3.63) is 35.7 Å². The van der Waals surface area contributed by atoms with Gasteiger partial charge in [0.05, 0.1) is 5.41 Å². The molecular weight excluding hydrogens is 268 g/mol. The summed E-state index contributed by atoms with van der Waals surface area (Å²) in [6.45, 7) is 5.75. The molecule has 0 aliphatic heterocycles. The molecule has 0 atom stereocenters. The second-order valence-electron chi connectivity index (χ2n) is 5.35. The summed E-state index contributed by atoms with van der Waals surface area (Å²) >= 11 is 0. The summed E-state index contributed by atoms with van der Waals surface area (Å²) in [4.78, 5) is 15.8. The molecule has 5 heteroatoms. The Kier molecular flexibility index (Phi) is 4.40. The van der Waals surface area contributed by atoms with Gasteiger partial charge in [-0.2, -0.15) is 4.98 Å². The lowest BCUT2D eigenvalue weighted by Gasteiger charge is -2.24. The topological polar surface area (TPSA) is 76.2 Å². The first kappa shape index (κ1) is 15.2. The van der Waals surface area contributed by atoms with Crippen molar-refractivity contribution in [2.24, 2.45) is 5.41 Å². The largest absolute Gasteiger partial charge is 0.481 e. The molecule has 0 saturated heterocycles. The Balaban J connectivity index is 2.23. The van der Waals surface area contributed by atoms with Crippen LogP contribution in [0.1, 0.15) is 38.1 Å². The van der Waals surface area contributed by atoms with Crippen LogP contribution in [-0.4, -0.2) is 21.2 Å². The fourth-order valence-corrected chi connectivity index (χ4v) is 2.31. The van der Waals surface area contributed by atoms with Gasteiger partial charge in [-0.3, -0.25) is 4.79 Å². The minimum atomic E-state index is -0.836. The lowest BCUT2D eigenvalue weighted by atomic mass is 9.79. The van der Waals surface area contributed by atoms with Crippen LogP contribution in [0.3, 0.4) is 0 Å². The van der Waals surface area contributed by atoms with E-state index >= 15 is 0 Å². The lowest BCUT2D eigenvalue weighted by molar-refractivity contribution is -0.149. The second kappa shape index (κ2) is 6.08. The summed E-state index contributed by atoms with van der Waals surface area (Å²) in [6.07, 6.45) is 1.32. The van der Waals surface area contributed by atoms with Crippen molar-refractivity contribution < 1.29 is 14.4 Å². The minimum Gasteiger partial charge on any atom is -0.481 e. The molecule has 0 aliphatic rings. The monoisotopic (exact) mass is 288 g/mol. The maximum absolute atomic E-state index is 11.5. The van der Waals surface area contributed by atoms with Crippen molar-refractivity contribution in [1.29, 1.82) is 0 Å². The Morgan fingerprint density at radius 3 is 2.38 bits per heavy atom. The molecular formula is C16H20N2O3. The first-order chi connectivity index (χ1) is 10.0. The van der Waals surface area contributed by atoms with Gasteiger partial charge in [0.1, 0.15) is 0 Å². The summed E-state index contributed by atoms with van der Waals surface area (Å²) < 4.78 is 5.23. The SMILES string of the molecule is CCC(CC)(Cc1nc(-c2ccc(C)cc2)no1)C(=O)O. The third kappa shape index (κ3) is 3.12. The van der Waals surface area contributed by atoms with Crippen LogP contribution in [0, 0.1) is 12.3 Å². The molecule has 1 N–H and O–H groups in total. The molecule has 1 aromatic carbocycles. The van der Waals surface area contributed by atoms with E-state index in [4.69, 9.17) is 4.52 Å². The van der Waals surface area contributed by atoms with Crippen LogP contribution in [0.2, 0.25) is 0 Å². The van der Waals surface area contributed by atoms with Gasteiger partial charge in [-0.15, -0.1) is 0 Å². The summed E-state index contributed by atoms with van der Waals surface area (Å²) in [5.41, 5.74) is 1.19. The molecule has 112 valence electrons. The molecule has 1 heterocycles. The van der Waals surface area contributed by atoms with E-state index in [0.717, 1.165) is 11.1 Å². The Morgan fingerprint density at radius 2 is 1.86 bits per heavy atom. The van der Waals surface area contributed by atoms with Crippen LogP contribution in [0.25, 0.3) is 11.4 Å². The summed E-state index contributed by atoms with van der Waals surface area (Å²) in [5, 5.41) is 13.4. The van der Waals surface area contributed by atoms with E-state index in [-0.39, 0.29) is 6.42 Å². The molecule has 2 rings (SSSR count). The van der Waals surface area contributed by atoms with E-state index in [1.54, 1.807) is 0 Å². The highest BCUT2D eigenvalue weighted by atomic mass is 16.5. The average Bonchev–Trinajstić information content (AvgIpc) is 2.93. The second-order valence-corrected chi connectivity index (χ2v) is 5.35. The number of nitrogens with zero attached hydrogens (tertiary/aromatic N) is 2. The highest BCUT2D eigenvalue weighted by Gasteiger charge is 2.37. The van der Waals surface area contributed by atoms with Crippen molar-refractivity contribution >= 4 is 5.97 Å². The molecule has 0 radical (unpaired) electrons. The molecule has 21 heavy (non-hydrogen) atoms. The molecule has 0 spiro atoms. The lowest BCUT2D eigenvalue weighted by Crippen LogP contribution is -2.32. The summed E-state index contributed by atoms with van der Waals surface area (Å²) in [5.74, 6) is 0.0516. The zero-order valence-electron chi connectivity index (χ0n) is 12.6. The average molecular weight is 288 g/mol. The van der Waals surface area contributed by atoms with E-state index in [1.807, 2.05) is 45.0 Å². The van der Waals surface area contributed by atoms with E-state index in [2.05, 4.69) is 10.1 Å². The van der Waals surface area contributed by atoms with Crippen molar-refractivity contribution in [1.82, 2.24) is 10.1 Å². The van der Waals surface area contributed by atoms with Crippen LogP contribution in [0.5, 0.6) is 0 Å². The normalized spacial score (nSPS) is 11.6. The molecule has 0 unspecified atom stereocenters. The standard InChI is InChI=1S/C16H20N2O3/c1-4-16(5-2,15(19)20)10-13-17-14(18-21-13)12-8-6-11(3)7-9-12/h6-9H,4-5,10H2,1-3H3,(H,19,20). The molecule has 0 fully saturated rings. The highest BCUT2D eigenvalue weighted by molar-refractivity contribution is 5.74. The number of carboxylic acids is 1. The Morgan fingerprint density at radius 1 is 1.24 bits per heavy atom. The van der Waals surface area contributed by atoms with Crippen molar-refractivity contribution in [3.63, 3.8) is 0 Å². The zero-order valence-corrected chi connectivity index (χ0v) is 12.6. The number of rotatable bonds is 6. The van der Waals surface area contributed by atoms with Gasteiger partial charge in [0, 0.05) is 12.0 Å². The predicted molar refractivity (Wildman–Crippen MR) is 78.8 cm³/mol. The summed E-state index contributed by atoms with van der Waals surface area (Å²) in [6, 6.07) is 7.80. The van der Waals surface area contributed by atoms with Gasteiger partial charge < -0.3 is 9.63 Å². The quantitative estimate of drug-likeness (QED) is 0.880. The molecule has 2 aromatic rings. The summed E-state index contributed by atoms with van der Waals surface area (Å²) in [7, 11) is 0. The van der Waals surface area contributed by atoms with Crippen molar-refractivity contribution in [2.75, 3.05) is 0 Å². The zero-order chi connectivity index (χ0) is 15.5. The van der Waals surface area contributed by atoms with Gasteiger partial charge in [-0.1, -0.05) is 48.8 Å². The third-order valence-corrected chi connectivity index (χ3v) is 4.07. The number of aryl methyl sites for hydroxylation is 1. The van der Waals surface area contributed by atoms with Crippen molar-refractivity contribution in [2.45, 2.75) is 40.0 Å². The number of hydrogen-bond donors (Lipinski definition) is 1. The highest BCUT2D eigenvalue weighted by Crippen LogP contribution is 2.31. The van der Waals surface area contributed by atoms with E-state index in [0.29, 0.717) is 24.6 Å². The maximum Gasteiger partial charge on any atom is 0.310 e. The molecule has 0 amide bonds. The van der Waals surface area contributed by atoms with Crippen LogP contribution in [0.4, 0.5) is 0 Å². The number of carboxylic acid groups (broad SMARTS) is 1. The van der Waals surface area contributed by atoms with Gasteiger partial charge >= 0.3 is 5.97 Å². The molecule has 0 aliphatic carbocycles. The minimum absolute atomic E-state index is 0.258. The van der Waals surface area contributed by atoms with Crippen LogP contribution in [0.15, 0.2) is 28.8 Å². The molecule has 0 saturated carbocycles. The Hall–Kier alpha value is -2.17. The number of hydrogen-bond acceptors (Lipinski definition) is 4. The fraction of sp³-hybridized carbons (Fsp3) is 0.438. The smallest absolute Gasteiger partial charge is 0.310 e. The van der Waals surface area contributed by atoms with Crippen LogP contribution in [-0.2, 0) is 11.2 Å². The number of carbonyl (C=O) groups is 1. The Labute approximate surface area is 124 Å². The van der Waals surface area contributed by atoms with Gasteiger partial charge in [0.2, 0.25) is 11.7 Å². The van der Waals surface area contributed by atoms with Gasteiger partial charge in [-0.05, 0) is 19.8 Å². The first-order valence-corrected chi connectivity index (χ1v) is 7.14. The number of benzene rings is 1. The van der Waals surface area contributed by atoms with E-state index < -0.39 is 11.4 Å². The van der Waals surface area contributed by atoms with Crippen LogP contribution < -0.4 is 0 Å². The third-order valence-electron chi connectivity index (χ3n) is 4.07. The number of aromatic nitrogens is 2. The van der Waals surface area contributed by atoms with Crippen LogP contribution >= 0.6 is 0 Å². The molecule has 0 bridgehead atoms. The van der Waals surface area contributed by atoms with Gasteiger partial charge in [0.15, 0.2) is 0 Å². The number of aliphatic carboxylic acids is 1. The van der Waals surface area contributed by atoms with E-state index in [1.165, 1.54) is 0 Å². The maximum atomic E-state index is 11.5. The molecule has 5 nitrogen and oxygen atoms in total. The van der Waals surface area contributed by atoms with Crippen molar-refractivity contribution in [3.8, 4) is 11.4 Å². The van der Waals surface area contributed by atoms with Gasteiger partial charge in [-0.25, -0.2) is 0 Å². The first-order valence-electron chi connectivity index (χ1n) is 7.14. The molecule has 1 aromatic heterocycles. The fourth-order valence-electron chi connectivity index (χ4n) is 2.31. The Bertz CT molecular complexity index is 613. The van der Waals surface area contributed by atoms with Gasteiger partial charge in [0.25, 0.3) is 0 Å².